The summed E-state index contributed by atoms with van der Waals surface area (Å²) in [5.74, 6) is 0. The third-order valence-corrected chi connectivity index (χ3v) is 4.45. The first-order valence-electron chi connectivity index (χ1n) is 6.06. The number of alkyl halides is 3. The molecule has 0 saturated carbocycles. The Morgan fingerprint density at radius 3 is 2.33 bits per heavy atom. The molecule has 0 aliphatic heterocycles. The summed E-state index contributed by atoms with van der Waals surface area (Å²) in [5.41, 5.74) is 0.517. The predicted molar refractivity (Wildman–Crippen MR) is 77.7 cm³/mol. The van der Waals surface area contributed by atoms with Crippen LogP contribution in [0.2, 0.25) is 5.02 Å². The summed E-state index contributed by atoms with van der Waals surface area (Å²) in [6, 6.07) is 8.70. The number of aliphatic hydroxyl groups is 1. The summed E-state index contributed by atoms with van der Waals surface area (Å²) < 4.78 is 37.9. The Balaban J connectivity index is 2.32. The molecule has 2 aromatic carbocycles. The molecular formula is C15H12ClF3OS. The molecule has 1 nitrogen and oxygen atoms in total. The SMILES string of the molecule is Cc1cc(C(F)(F)F)ccc1Sc1ccc(Cl)cc1CO. The Kier molecular flexibility index (Phi) is 4.86. The number of halogens is 4. The van der Waals surface area contributed by atoms with Gasteiger partial charge in [-0.3, -0.25) is 0 Å². The Morgan fingerprint density at radius 1 is 1.10 bits per heavy atom. The molecule has 1 N–H and O–H groups in total. The lowest BCUT2D eigenvalue weighted by molar-refractivity contribution is -0.137. The number of hydrogen-bond acceptors (Lipinski definition) is 2. The van der Waals surface area contributed by atoms with Crippen LogP contribution in [0.15, 0.2) is 46.2 Å². The average molecular weight is 333 g/mol. The first kappa shape index (κ1) is 16.2. The highest BCUT2D eigenvalue weighted by Gasteiger charge is 2.30. The quantitative estimate of drug-likeness (QED) is 0.821. The van der Waals surface area contributed by atoms with E-state index in [2.05, 4.69) is 0 Å². The van der Waals surface area contributed by atoms with Crippen molar-refractivity contribution in [1.29, 1.82) is 0 Å². The van der Waals surface area contributed by atoms with Crippen molar-refractivity contribution in [3.8, 4) is 0 Å². The number of aliphatic hydroxyl groups excluding tert-OH is 1. The van der Waals surface area contributed by atoms with Gasteiger partial charge in [0.15, 0.2) is 0 Å². The van der Waals surface area contributed by atoms with Crippen LogP contribution < -0.4 is 0 Å². The van der Waals surface area contributed by atoms with Crippen LogP contribution in [0.1, 0.15) is 16.7 Å². The van der Waals surface area contributed by atoms with Gasteiger partial charge in [0.05, 0.1) is 12.2 Å². The van der Waals surface area contributed by atoms with E-state index in [1.165, 1.54) is 17.8 Å². The van der Waals surface area contributed by atoms with E-state index in [4.69, 9.17) is 11.6 Å². The molecule has 0 amide bonds. The van der Waals surface area contributed by atoms with Crippen molar-refractivity contribution in [3.63, 3.8) is 0 Å². The van der Waals surface area contributed by atoms with Gasteiger partial charge in [-0.1, -0.05) is 23.4 Å². The van der Waals surface area contributed by atoms with Gasteiger partial charge in [-0.25, -0.2) is 0 Å². The van der Waals surface area contributed by atoms with Gasteiger partial charge in [0.1, 0.15) is 0 Å². The fourth-order valence-electron chi connectivity index (χ4n) is 1.83. The predicted octanol–water partition coefficient (Wildman–Crippen LogP) is 5.31. The minimum atomic E-state index is -4.34. The zero-order valence-electron chi connectivity index (χ0n) is 11.0. The summed E-state index contributed by atoms with van der Waals surface area (Å²) in [6.07, 6.45) is -4.34. The lowest BCUT2D eigenvalue weighted by Crippen LogP contribution is -2.05. The molecule has 0 bridgehead atoms. The molecule has 112 valence electrons. The van der Waals surface area contributed by atoms with Crippen LogP contribution in [0.3, 0.4) is 0 Å². The lowest BCUT2D eigenvalue weighted by atomic mass is 10.1. The molecule has 0 spiro atoms. The van der Waals surface area contributed by atoms with Crippen LogP contribution in [0.4, 0.5) is 13.2 Å². The highest BCUT2D eigenvalue weighted by atomic mass is 35.5. The van der Waals surface area contributed by atoms with Gasteiger partial charge in [-0.2, -0.15) is 13.2 Å². The molecule has 0 aliphatic rings. The minimum Gasteiger partial charge on any atom is -0.392 e. The molecule has 0 unspecified atom stereocenters. The molecule has 6 heteroatoms. The van der Waals surface area contributed by atoms with Gasteiger partial charge in [0, 0.05) is 14.8 Å². The van der Waals surface area contributed by atoms with E-state index in [1.807, 2.05) is 0 Å². The van der Waals surface area contributed by atoms with Crippen LogP contribution >= 0.6 is 23.4 Å². The maximum absolute atomic E-state index is 12.6. The van der Waals surface area contributed by atoms with E-state index in [0.29, 0.717) is 21.0 Å². The number of hydrogen-bond donors (Lipinski definition) is 1. The van der Waals surface area contributed by atoms with Crippen molar-refractivity contribution in [2.75, 3.05) is 0 Å². The first-order chi connectivity index (χ1) is 9.81. The van der Waals surface area contributed by atoms with Gasteiger partial charge in [-0.05, 0) is 54.4 Å². The molecule has 2 rings (SSSR count). The molecule has 0 aliphatic carbocycles. The molecule has 2 aromatic rings. The standard InChI is InChI=1S/C15H12ClF3OS/c1-9-6-11(15(17,18)19)2-4-13(9)21-14-5-3-12(16)7-10(14)8-20/h2-7,20H,8H2,1H3. The normalized spacial score (nSPS) is 11.7. The van der Waals surface area contributed by atoms with Crippen LogP contribution in [-0.2, 0) is 12.8 Å². The molecule has 0 atom stereocenters. The van der Waals surface area contributed by atoms with Crippen molar-refractivity contribution in [3.05, 3.63) is 58.1 Å². The van der Waals surface area contributed by atoms with E-state index in [-0.39, 0.29) is 6.61 Å². The number of benzene rings is 2. The third kappa shape index (κ3) is 3.93. The van der Waals surface area contributed by atoms with Gasteiger partial charge in [0.25, 0.3) is 0 Å². The van der Waals surface area contributed by atoms with Gasteiger partial charge < -0.3 is 5.11 Å². The number of aryl methyl sites for hydroxylation is 1. The monoisotopic (exact) mass is 332 g/mol. The molecule has 0 saturated heterocycles. The molecule has 21 heavy (non-hydrogen) atoms. The van der Waals surface area contributed by atoms with Gasteiger partial charge in [0.2, 0.25) is 0 Å². The van der Waals surface area contributed by atoms with Crippen LogP contribution in [0, 0.1) is 6.92 Å². The first-order valence-corrected chi connectivity index (χ1v) is 7.25. The number of rotatable bonds is 3. The summed E-state index contributed by atoms with van der Waals surface area (Å²) in [5, 5.41) is 9.83. The van der Waals surface area contributed by atoms with Crippen LogP contribution in [0.5, 0.6) is 0 Å². The Morgan fingerprint density at radius 2 is 1.76 bits per heavy atom. The smallest absolute Gasteiger partial charge is 0.392 e. The molecule has 0 aromatic heterocycles. The molecule has 0 heterocycles. The topological polar surface area (TPSA) is 20.2 Å². The van der Waals surface area contributed by atoms with E-state index in [9.17, 15) is 18.3 Å². The van der Waals surface area contributed by atoms with Gasteiger partial charge >= 0.3 is 6.18 Å². The molecular weight excluding hydrogens is 321 g/mol. The van der Waals surface area contributed by atoms with Crippen molar-refractivity contribution in [2.45, 2.75) is 29.5 Å². The van der Waals surface area contributed by atoms with E-state index < -0.39 is 11.7 Å². The second kappa shape index (κ2) is 6.30. The highest BCUT2D eigenvalue weighted by Crippen LogP contribution is 2.37. The summed E-state index contributed by atoms with van der Waals surface area (Å²) in [6.45, 7) is 1.45. The molecule has 0 radical (unpaired) electrons. The van der Waals surface area contributed by atoms with Gasteiger partial charge in [-0.15, -0.1) is 0 Å². The van der Waals surface area contributed by atoms with Crippen molar-refractivity contribution in [1.82, 2.24) is 0 Å². The maximum atomic E-state index is 12.6. The largest absolute Gasteiger partial charge is 0.416 e. The summed E-state index contributed by atoms with van der Waals surface area (Å²) in [4.78, 5) is 1.48. The fraction of sp³-hybridized carbons (Fsp3) is 0.200. The van der Waals surface area contributed by atoms with E-state index >= 15 is 0 Å². The second-order valence-electron chi connectivity index (χ2n) is 4.49. The Hall–Kier alpha value is -1.17. The lowest BCUT2D eigenvalue weighted by Gasteiger charge is -2.12. The van der Waals surface area contributed by atoms with E-state index in [1.54, 1.807) is 25.1 Å². The van der Waals surface area contributed by atoms with E-state index in [0.717, 1.165) is 17.0 Å². The van der Waals surface area contributed by atoms with Crippen molar-refractivity contribution < 1.29 is 18.3 Å². The maximum Gasteiger partial charge on any atom is 0.416 e. The van der Waals surface area contributed by atoms with Crippen molar-refractivity contribution in [2.24, 2.45) is 0 Å². The van der Waals surface area contributed by atoms with Crippen LogP contribution in [-0.4, -0.2) is 5.11 Å². The Labute approximate surface area is 129 Å². The summed E-state index contributed by atoms with van der Waals surface area (Å²) in [7, 11) is 0. The Bertz CT molecular complexity index is 656. The highest BCUT2D eigenvalue weighted by molar-refractivity contribution is 7.99. The van der Waals surface area contributed by atoms with Crippen molar-refractivity contribution >= 4 is 23.4 Å². The average Bonchev–Trinajstić information content (AvgIpc) is 2.41. The fourth-order valence-corrected chi connectivity index (χ4v) is 3.01. The zero-order chi connectivity index (χ0) is 15.6. The third-order valence-electron chi connectivity index (χ3n) is 2.92. The minimum absolute atomic E-state index is 0.178. The summed E-state index contributed by atoms with van der Waals surface area (Å²) >= 11 is 7.16. The van der Waals surface area contributed by atoms with Crippen LogP contribution in [0.25, 0.3) is 0 Å². The second-order valence-corrected chi connectivity index (χ2v) is 6.01. The molecule has 0 fully saturated rings. The zero-order valence-corrected chi connectivity index (χ0v) is 12.6.